The number of nitrogens with one attached hydrogen (secondary N) is 1. The molecular formula is C22H29NO. The Morgan fingerprint density at radius 1 is 0.750 bits per heavy atom. The summed E-state index contributed by atoms with van der Waals surface area (Å²) in [7, 11) is 0. The molecule has 2 aromatic carbocycles. The maximum atomic E-state index is 12.2. The van der Waals surface area contributed by atoms with Crippen molar-refractivity contribution in [3.63, 3.8) is 0 Å². The molecule has 0 fully saturated rings. The van der Waals surface area contributed by atoms with Gasteiger partial charge in [0.1, 0.15) is 0 Å². The normalized spacial score (nSPS) is 10.5. The molecule has 0 heterocycles. The molecule has 2 heteroatoms. The monoisotopic (exact) mass is 323 g/mol. The van der Waals surface area contributed by atoms with Gasteiger partial charge in [0.05, 0.1) is 0 Å². The van der Waals surface area contributed by atoms with Crippen LogP contribution in [-0.4, -0.2) is 12.5 Å². The number of amides is 1. The largest absolute Gasteiger partial charge is 0.352 e. The summed E-state index contributed by atoms with van der Waals surface area (Å²) in [5, 5.41) is 3.02. The summed E-state index contributed by atoms with van der Waals surface area (Å²) in [6, 6.07) is 18.1. The van der Waals surface area contributed by atoms with Crippen molar-refractivity contribution in [2.75, 3.05) is 6.54 Å². The highest BCUT2D eigenvalue weighted by Crippen LogP contribution is 2.19. The lowest BCUT2D eigenvalue weighted by atomic mass is 10.0. The molecular weight excluding hydrogens is 294 g/mol. The second kappa shape index (κ2) is 10.6. The Hall–Kier alpha value is -2.09. The first-order chi connectivity index (χ1) is 11.8. The van der Waals surface area contributed by atoms with Crippen LogP contribution in [-0.2, 0) is 0 Å². The average molecular weight is 323 g/mol. The number of rotatable bonds is 10. The molecule has 0 atom stereocenters. The molecule has 0 aliphatic carbocycles. The Labute approximate surface area is 146 Å². The van der Waals surface area contributed by atoms with Crippen molar-refractivity contribution in [2.24, 2.45) is 0 Å². The van der Waals surface area contributed by atoms with Gasteiger partial charge >= 0.3 is 0 Å². The maximum Gasteiger partial charge on any atom is 0.251 e. The van der Waals surface area contributed by atoms with Crippen LogP contribution in [0.1, 0.15) is 62.2 Å². The highest BCUT2D eigenvalue weighted by molar-refractivity contribution is 5.94. The van der Waals surface area contributed by atoms with Crippen molar-refractivity contribution in [1.82, 2.24) is 5.32 Å². The lowest BCUT2D eigenvalue weighted by molar-refractivity contribution is 0.0953. The Balaban J connectivity index is 1.69. The van der Waals surface area contributed by atoms with Gasteiger partial charge in [0.25, 0.3) is 5.91 Å². The van der Waals surface area contributed by atoms with Crippen LogP contribution in [0.3, 0.4) is 0 Å². The summed E-state index contributed by atoms with van der Waals surface area (Å²) in [5.41, 5.74) is 3.05. The molecule has 0 aromatic heterocycles. The molecule has 0 bridgehead atoms. The molecule has 0 saturated heterocycles. The van der Waals surface area contributed by atoms with E-state index in [4.69, 9.17) is 0 Å². The van der Waals surface area contributed by atoms with Crippen LogP contribution in [0.4, 0.5) is 0 Å². The molecule has 0 spiro atoms. The maximum absolute atomic E-state index is 12.2. The van der Waals surface area contributed by atoms with E-state index in [1.807, 2.05) is 42.5 Å². The topological polar surface area (TPSA) is 29.1 Å². The third-order valence-corrected chi connectivity index (χ3v) is 4.32. The predicted molar refractivity (Wildman–Crippen MR) is 102 cm³/mol. The predicted octanol–water partition coefficient (Wildman–Crippen LogP) is 5.83. The quantitative estimate of drug-likeness (QED) is 0.547. The van der Waals surface area contributed by atoms with Crippen LogP contribution >= 0.6 is 0 Å². The first-order valence-electron chi connectivity index (χ1n) is 9.25. The lowest BCUT2D eigenvalue weighted by Gasteiger charge is -2.07. The van der Waals surface area contributed by atoms with Crippen molar-refractivity contribution < 1.29 is 4.79 Å². The minimum absolute atomic E-state index is 0.0283. The van der Waals surface area contributed by atoms with E-state index in [0.29, 0.717) is 0 Å². The fraction of sp³-hybridized carbons (Fsp3) is 0.409. The Morgan fingerprint density at radius 2 is 1.33 bits per heavy atom. The van der Waals surface area contributed by atoms with Gasteiger partial charge < -0.3 is 5.32 Å². The molecule has 128 valence electrons. The molecule has 2 rings (SSSR count). The van der Waals surface area contributed by atoms with Gasteiger partial charge in [-0.2, -0.15) is 0 Å². The molecule has 0 radical (unpaired) electrons. The highest BCUT2D eigenvalue weighted by atomic mass is 16.1. The molecule has 2 nitrogen and oxygen atoms in total. The summed E-state index contributed by atoms with van der Waals surface area (Å²) in [6.45, 7) is 3.01. The summed E-state index contributed by atoms with van der Waals surface area (Å²) in [4.78, 5) is 12.2. The van der Waals surface area contributed by atoms with Crippen molar-refractivity contribution in [3.8, 4) is 11.1 Å². The van der Waals surface area contributed by atoms with Crippen molar-refractivity contribution in [1.29, 1.82) is 0 Å². The van der Waals surface area contributed by atoms with Gasteiger partial charge in [0.15, 0.2) is 0 Å². The fourth-order valence-corrected chi connectivity index (χ4v) is 2.83. The SMILES string of the molecule is CCCCCCCCCNC(=O)c1ccc(-c2ccccc2)cc1. The lowest BCUT2D eigenvalue weighted by Crippen LogP contribution is -2.24. The van der Waals surface area contributed by atoms with Crippen LogP contribution in [0, 0.1) is 0 Å². The van der Waals surface area contributed by atoms with Crippen LogP contribution in [0.2, 0.25) is 0 Å². The molecule has 0 saturated carbocycles. The second-order valence-corrected chi connectivity index (χ2v) is 6.32. The van der Waals surface area contributed by atoms with Crippen LogP contribution in [0.15, 0.2) is 54.6 Å². The molecule has 1 amide bonds. The molecule has 0 aliphatic heterocycles. The van der Waals surface area contributed by atoms with E-state index in [0.717, 1.165) is 24.1 Å². The van der Waals surface area contributed by atoms with Crippen molar-refractivity contribution in [3.05, 3.63) is 60.2 Å². The standard InChI is InChI=1S/C22H29NO/c1-2-3-4-5-6-7-11-18-23-22(24)21-16-14-20(15-17-21)19-12-9-8-10-13-19/h8-10,12-17H,2-7,11,18H2,1H3,(H,23,24). The minimum atomic E-state index is 0.0283. The smallest absolute Gasteiger partial charge is 0.251 e. The van der Waals surface area contributed by atoms with Gasteiger partial charge in [-0.1, -0.05) is 87.9 Å². The summed E-state index contributed by atoms with van der Waals surface area (Å²) in [6.07, 6.45) is 8.85. The van der Waals surface area contributed by atoms with Gasteiger partial charge in [-0.25, -0.2) is 0 Å². The fourth-order valence-electron chi connectivity index (χ4n) is 2.83. The van der Waals surface area contributed by atoms with Crippen LogP contribution in [0.5, 0.6) is 0 Å². The van der Waals surface area contributed by atoms with Gasteiger partial charge in [0, 0.05) is 12.1 Å². The van der Waals surface area contributed by atoms with E-state index in [1.165, 1.54) is 44.1 Å². The van der Waals surface area contributed by atoms with Gasteiger partial charge in [-0.05, 0) is 29.7 Å². The van der Waals surface area contributed by atoms with Gasteiger partial charge in [-0.3, -0.25) is 4.79 Å². The minimum Gasteiger partial charge on any atom is -0.352 e. The number of carbonyl (C=O) groups is 1. The summed E-state index contributed by atoms with van der Waals surface area (Å²) in [5.74, 6) is 0.0283. The van der Waals surface area contributed by atoms with Gasteiger partial charge in [-0.15, -0.1) is 0 Å². The van der Waals surface area contributed by atoms with Crippen molar-refractivity contribution in [2.45, 2.75) is 51.9 Å². The first-order valence-corrected chi connectivity index (χ1v) is 9.25. The Kier molecular flexibility index (Phi) is 8.09. The Bertz CT molecular complexity index is 589. The van der Waals surface area contributed by atoms with E-state index >= 15 is 0 Å². The molecule has 1 N–H and O–H groups in total. The summed E-state index contributed by atoms with van der Waals surface area (Å²) < 4.78 is 0. The van der Waals surface area contributed by atoms with E-state index in [-0.39, 0.29) is 5.91 Å². The Morgan fingerprint density at radius 3 is 2.00 bits per heavy atom. The van der Waals surface area contributed by atoms with Gasteiger partial charge in [0.2, 0.25) is 0 Å². The van der Waals surface area contributed by atoms with E-state index in [2.05, 4.69) is 24.4 Å². The first kappa shape index (κ1) is 18.3. The third-order valence-electron chi connectivity index (χ3n) is 4.32. The zero-order valence-corrected chi connectivity index (χ0v) is 14.8. The number of benzene rings is 2. The van der Waals surface area contributed by atoms with Crippen molar-refractivity contribution >= 4 is 5.91 Å². The van der Waals surface area contributed by atoms with E-state index < -0.39 is 0 Å². The third kappa shape index (κ3) is 6.19. The van der Waals surface area contributed by atoms with E-state index in [9.17, 15) is 4.79 Å². The number of hydrogen-bond donors (Lipinski definition) is 1. The number of unbranched alkanes of at least 4 members (excludes halogenated alkanes) is 6. The molecule has 2 aromatic rings. The van der Waals surface area contributed by atoms with Crippen LogP contribution < -0.4 is 5.32 Å². The molecule has 0 unspecified atom stereocenters. The number of carbonyl (C=O) groups excluding carboxylic acids is 1. The highest BCUT2D eigenvalue weighted by Gasteiger charge is 2.05. The van der Waals surface area contributed by atoms with Crippen LogP contribution in [0.25, 0.3) is 11.1 Å². The summed E-state index contributed by atoms with van der Waals surface area (Å²) >= 11 is 0. The molecule has 24 heavy (non-hydrogen) atoms. The number of hydrogen-bond acceptors (Lipinski definition) is 1. The van der Waals surface area contributed by atoms with E-state index in [1.54, 1.807) is 0 Å². The second-order valence-electron chi connectivity index (χ2n) is 6.32. The molecule has 0 aliphatic rings. The zero-order chi connectivity index (χ0) is 17.0. The zero-order valence-electron chi connectivity index (χ0n) is 14.8. The average Bonchev–Trinajstić information content (AvgIpc) is 2.64.